The number of nitrogens with zero attached hydrogens (tertiary/aromatic N) is 3. The zero-order valence-corrected chi connectivity index (χ0v) is 12.9. The van der Waals surface area contributed by atoms with E-state index in [9.17, 15) is 0 Å². The average molecular weight is 312 g/mol. The van der Waals surface area contributed by atoms with Gasteiger partial charge >= 0.3 is 0 Å². The molecule has 3 nitrogen and oxygen atoms in total. The van der Waals surface area contributed by atoms with Gasteiger partial charge in [0.1, 0.15) is 12.1 Å². The highest BCUT2D eigenvalue weighted by Gasteiger charge is 2.27. The summed E-state index contributed by atoms with van der Waals surface area (Å²) in [6.45, 7) is 2.18. The summed E-state index contributed by atoms with van der Waals surface area (Å²) in [7, 11) is 2.16. The molecule has 100 valence electrons. The van der Waals surface area contributed by atoms with Gasteiger partial charge in [0.2, 0.25) is 0 Å². The van der Waals surface area contributed by atoms with E-state index in [1.54, 1.807) is 6.33 Å². The maximum absolute atomic E-state index is 4.43. The minimum Gasteiger partial charge on any atom is -0.355 e. The van der Waals surface area contributed by atoms with Gasteiger partial charge in [-0.05, 0) is 19.3 Å². The lowest BCUT2D eigenvalue weighted by Gasteiger charge is -2.35. The van der Waals surface area contributed by atoms with E-state index in [1.165, 1.54) is 25.7 Å². The summed E-state index contributed by atoms with van der Waals surface area (Å²) in [6.07, 6.45) is 9.04. The van der Waals surface area contributed by atoms with Crippen molar-refractivity contribution in [2.75, 3.05) is 11.9 Å². The van der Waals surface area contributed by atoms with Crippen LogP contribution in [-0.2, 0) is 6.42 Å². The van der Waals surface area contributed by atoms with Gasteiger partial charge in [-0.2, -0.15) is 0 Å². The molecule has 1 aromatic rings. The fraction of sp³-hybridized carbons (Fsp3) is 0.714. The highest BCUT2D eigenvalue weighted by atomic mass is 79.9. The summed E-state index contributed by atoms with van der Waals surface area (Å²) in [5.74, 6) is 1.06. The van der Waals surface area contributed by atoms with Gasteiger partial charge in [0, 0.05) is 29.7 Å². The van der Waals surface area contributed by atoms with Crippen molar-refractivity contribution in [3.8, 4) is 0 Å². The van der Waals surface area contributed by atoms with Crippen LogP contribution >= 0.6 is 15.9 Å². The van der Waals surface area contributed by atoms with Crippen molar-refractivity contribution in [3.63, 3.8) is 0 Å². The van der Waals surface area contributed by atoms with Crippen LogP contribution in [0.25, 0.3) is 0 Å². The van der Waals surface area contributed by atoms with Gasteiger partial charge in [-0.1, -0.05) is 42.1 Å². The van der Waals surface area contributed by atoms with Crippen molar-refractivity contribution in [2.45, 2.75) is 56.3 Å². The maximum atomic E-state index is 4.43. The van der Waals surface area contributed by atoms with Crippen molar-refractivity contribution in [2.24, 2.45) is 0 Å². The molecule has 0 bridgehead atoms. The number of aromatic nitrogens is 2. The van der Waals surface area contributed by atoms with E-state index in [-0.39, 0.29) is 0 Å². The Labute approximate surface area is 118 Å². The van der Waals surface area contributed by atoms with Crippen molar-refractivity contribution >= 4 is 21.7 Å². The van der Waals surface area contributed by atoms with Crippen LogP contribution in [0.5, 0.6) is 0 Å². The summed E-state index contributed by atoms with van der Waals surface area (Å²) in [6, 6.07) is 2.70. The summed E-state index contributed by atoms with van der Waals surface area (Å²) >= 11 is 3.82. The summed E-state index contributed by atoms with van der Waals surface area (Å²) < 4.78 is 0. The topological polar surface area (TPSA) is 29.0 Å². The predicted octanol–water partition coefficient (Wildman–Crippen LogP) is 3.57. The van der Waals surface area contributed by atoms with Gasteiger partial charge in [-0.25, -0.2) is 9.97 Å². The zero-order valence-electron chi connectivity index (χ0n) is 11.3. The van der Waals surface area contributed by atoms with Crippen LogP contribution in [0.1, 0.15) is 44.7 Å². The van der Waals surface area contributed by atoms with Gasteiger partial charge in [0.05, 0.1) is 0 Å². The Kier molecular flexibility index (Phi) is 4.98. The van der Waals surface area contributed by atoms with Crippen molar-refractivity contribution in [3.05, 3.63) is 18.1 Å². The fourth-order valence-corrected chi connectivity index (χ4v) is 3.59. The summed E-state index contributed by atoms with van der Waals surface area (Å²) in [5.41, 5.74) is 1.15. The fourth-order valence-electron chi connectivity index (χ4n) is 2.64. The summed E-state index contributed by atoms with van der Waals surface area (Å²) in [4.78, 5) is 11.7. The van der Waals surface area contributed by atoms with E-state index in [0.29, 0.717) is 10.9 Å². The second kappa shape index (κ2) is 6.50. The molecule has 4 heteroatoms. The van der Waals surface area contributed by atoms with Crippen LogP contribution in [0.3, 0.4) is 0 Å². The minimum atomic E-state index is 0.558. The first kappa shape index (κ1) is 13.8. The van der Waals surface area contributed by atoms with Crippen molar-refractivity contribution in [1.29, 1.82) is 0 Å². The molecule has 0 spiro atoms. The monoisotopic (exact) mass is 311 g/mol. The molecule has 18 heavy (non-hydrogen) atoms. The maximum Gasteiger partial charge on any atom is 0.132 e. The van der Waals surface area contributed by atoms with E-state index in [1.807, 2.05) is 0 Å². The number of hydrogen-bond donors (Lipinski definition) is 0. The van der Waals surface area contributed by atoms with Crippen LogP contribution in [0.2, 0.25) is 0 Å². The van der Waals surface area contributed by atoms with Crippen LogP contribution in [-0.4, -0.2) is 27.9 Å². The molecule has 2 atom stereocenters. The van der Waals surface area contributed by atoms with E-state index < -0.39 is 0 Å². The highest BCUT2D eigenvalue weighted by molar-refractivity contribution is 9.09. The number of aryl methyl sites for hydroxylation is 1. The van der Waals surface area contributed by atoms with Gasteiger partial charge in [0.15, 0.2) is 0 Å². The van der Waals surface area contributed by atoms with E-state index >= 15 is 0 Å². The van der Waals surface area contributed by atoms with Crippen molar-refractivity contribution in [1.82, 2.24) is 9.97 Å². The Bertz CT molecular complexity index is 383. The van der Waals surface area contributed by atoms with Gasteiger partial charge in [-0.3, -0.25) is 0 Å². The first-order valence-corrected chi connectivity index (χ1v) is 7.81. The molecule has 0 aliphatic heterocycles. The quantitative estimate of drug-likeness (QED) is 0.796. The third-order valence-corrected chi connectivity index (χ3v) is 4.79. The molecule has 2 rings (SSSR count). The average Bonchev–Trinajstić information content (AvgIpc) is 2.39. The second-order valence-electron chi connectivity index (χ2n) is 5.10. The minimum absolute atomic E-state index is 0.558. The number of rotatable bonds is 4. The number of anilines is 1. The van der Waals surface area contributed by atoms with Crippen LogP contribution < -0.4 is 4.90 Å². The zero-order chi connectivity index (χ0) is 13.0. The smallest absolute Gasteiger partial charge is 0.132 e. The lowest BCUT2D eigenvalue weighted by molar-refractivity contribution is 0.442. The normalized spacial score (nSPS) is 23.9. The molecule has 1 aliphatic carbocycles. The molecular weight excluding hydrogens is 290 g/mol. The molecule has 1 heterocycles. The Morgan fingerprint density at radius 2 is 2.11 bits per heavy atom. The van der Waals surface area contributed by atoms with Gasteiger partial charge < -0.3 is 4.90 Å². The molecule has 1 saturated carbocycles. The highest BCUT2D eigenvalue weighted by Crippen LogP contribution is 2.30. The summed E-state index contributed by atoms with van der Waals surface area (Å²) in [5, 5.41) is 0. The Hall–Kier alpha value is -0.640. The molecule has 0 aromatic carbocycles. The first-order chi connectivity index (χ1) is 8.72. The third kappa shape index (κ3) is 3.22. The molecule has 0 saturated heterocycles. The van der Waals surface area contributed by atoms with E-state index in [4.69, 9.17) is 0 Å². The van der Waals surface area contributed by atoms with Crippen LogP contribution in [0.15, 0.2) is 12.4 Å². The molecule has 0 radical (unpaired) electrons. The molecule has 2 unspecified atom stereocenters. The lowest BCUT2D eigenvalue weighted by atomic mass is 9.94. The molecule has 0 N–H and O–H groups in total. The Morgan fingerprint density at radius 1 is 1.33 bits per heavy atom. The van der Waals surface area contributed by atoms with E-state index in [2.05, 4.69) is 50.8 Å². The Morgan fingerprint density at radius 3 is 2.83 bits per heavy atom. The van der Waals surface area contributed by atoms with Gasteiger partial charge in [0.25, 0.3) is 0 Å². The van der Waals surface area contributed by atoms with Gasteiger partial charge in [-0.15, -0.1) is 0 Å². The number of alkyl halides is 1. The van der Waals surface area contributed by atoms with Crippen molar-refractivity contribution < 1.29 is 0 Å². The number of halogens is 1. The van der Waals surface area contributed by atoms with E-state index in [0.717, 1.165) is 24.4 Å². The lowest BCUT2D eigenvalue weighted by Crippen LogP contribution is -2.41. The Balaban J connectivity index is 2.11. The number of hydrogen-bond acceptors (Lipinski definition) is 3. The molecule has 1 aromatic heterocycles. The second-order valence-corrected chi connectivity index (χ2v) is 6.27. The SMILES string of the molecule is CCCc1cc(N(C)C2CCCCC2Br)ncn1. The molecule has 1 fully saturated rings. The first-order valence-electron chi connectivity index (χ1n) is 6.90. The molecule has 1 aliphatic rings. The van der Waals surface area contributed by atoms with Crippen LogP contribution in [0, 0.1) is 0 Å². The van der Waals surface area contributed by atoms with Crippen LogP contribution in [0.4, 0.5) is 5.82 Å². The third-order valence-electron chi connectivity index (χ3n) is 3.72. The predicted molar refractivity (Wildman–Crippen MR) is 79.4 cm³/mol. The molecule has 0 amide bonds. The largest absolute Gasteiger partial charge is 0.355 e. The standard InChI is InChI=1S/C14H22BrN3/c1-3-6-11-9-14(17-10-16-11)18(2)13-8-5-4-7-12(13)15/h9-10,12-13H,3-8H2,1-2H3. The molecular formula is C14H22BrN3.